The average Bonchev–Trinajstić information content (AvgIpc) is 2.38. The molecule has 0 spiro atoms. The molecule has 6 nitrogen and oxygen atoms in total. The molecule has 64 valence electrons. The van der Waals surface area contributed by atoms with Gasteiger partial charge >= 0.3 is 0 Å². The Morgan fingerprint density at radius 3 is 1.58 bits per heavy atom. The SMILES string of the molecule is Nc1cn([O-])c2c(N)cn([O-])c12. The first kappa shape index (κ1) is 6.71. The first-order valence-electron chi connectivity index (χ1n) is 3.23. The van der Waals surface area contributed by atoms with E-state index < -0.39 is 0 Å². The molecule has 0 bridgehead atoms. The van der Waals surface area contributed by atoms with Crippen LogP contribution in [0.15, 0.2) is 12.4 Å². The highest BCUT2D eigenvalue weighted by Gasteiger charge is 2.07. The van der Waals surface area contributed by atoms with Gasteiger partial charge in [0.05, 0.1) is 22.4 Å². The summed E-state index contributed by atoms with van der Waals surface area (Å²) in [4.78, 5) is 0. The third-order valence-electron chi connectivity index (χ3n) is 1.72. The second-order valence-electron chi connectivity index (χ2n) is 2.52. The Kier molecular flexibility index (Phi) is 0.999. The molecule has 0 aliphatic rings. The van der Waals surface area contributed by atoms with E-state index in [1.165, 1.54) is 0 Å². The van der Waals surface area contributed by atoms with Crippen LogP contribution in [0.4, 0.5) is 11.4 Å². The third-order valence-corrected chi connectivity index (χ3v) is 1.72. The van der Waals surface area contributed by atoms with Crippen molar-refractivity contribution in [3.05, 3.63) is 22.8 Å². The fourth-order valence-electron chi connectivity index (χ4n) is 1.24. The van der Waals surface area contributed by atoms with E-state index in [0.29, 0.717) is 9.46 Å². The van der Waals surface area contributed by atoms with Crippen molar-refractivity contribution >= 4 is 22.4 Å². The number of fused-ring (bicyclic) bond motifs is 1. The van der Waals surface area contributed by atoms with Crippen molar-refractivity contribution in [2.75, 3.05) is 11.5 Å². The smallest absolute Gasteiger partial charge is 0.0868 e. The van der Waals surface area contributed by atoms with E-state index in [9.17, 15) is 10.4 Å². The van der Waals surface area contributed by atoms with Crippen LogP contribution in [0.5, 0.6) is 0 Å². The van der Waals surface area contributed by atoms with Gasteiger partial charge in [0.15, 0.2) is 0 Å². The van der Waals surface area contributed by atoms with Crippen molar-refractivity contribution in [2.45, 2.75) is 0 Å². The van der Waals surface area contributed by atoms with Gasteiger partial charge in [0.1, 0.15) is 0 Å². The van der Waals surface area contributed by atoms with Gasteiger partial charge in [-0.1, -0.05) is 0 Å². The van der Waals surface area contributed by atoms with Gasteiger partial charge in [0.2, 0.25) is 0 Å². The summed E-state index contributed by atoms with van der Waals surface area (Å²) in [6.45, 7) is 0. The zero-order valence-corrected chi connectivity index (χ0v) is 6.02. The van der Waals surface area contributed by atoms with Gasteiger partial charge in [-0.25, -0.2) is 0 Å². The van der Waals surface area contributed by atoms with Crippen molar-refractivity contribution < 1.29 is 0 Å². The lowest BCUT2D eigenvalue weighted by molar-refractivity contribution is 1.16. The normalized spacial score (nSPS) is 11.0. The zero-order chi connectivity index (χ0) is 8.88. The molecule has 0 radical (unpaired) electrons. The monoisotopic (exact) mass is 166 g/mol. The van der Waals surface area contributed by atoms with Crippen LogP contribution in [0, 0.1) is 10.4 Å². The van der Waals surface area contributed by atoms with Gasteiger partial charge in [-0.3, -0.25) is 0 Å². The molecule has 6 heteroatoms. The molecular formula is C6H6N4O2-2. The van der Waals surface area contributed by atoms with Crippen molar-refractivity contribution in [3.63, 3.8) is 0 Å². The highest BCUT2D eigenvalue weighted by atomic mass is 16.5. The highest BCUT2D eigenvalue weighted by molar-refractivity contribution is 5.98. The van der Waals surface area contributed by atoms with E-state index in [1.807, 2.05) is 0 Å². The molecule has 0 amide bonds. The lowest BCUT2D eigenvalue weighted by Crippen LogP contribution is -1.88. The van der Waals surface area contributed by atoms with Crippen molar-refractivity contribution in [1.29, 1.82) is 0 Å². The Balaban J connectivity index is 3.01. The minimum absolute atomic E-state index is 0.141. The summed E-state index contributed by atoms with van der Waals surface area (Å²) in [6.07, 6.45) is 2.24. The number of rotatable bonds is 0. The van der Waals surface area contributed by atoms with Crippen molar-refractivity contribution in [3.8, 4) is 0 Å². The highest BCUT2D eigenvalue weighted by Crippen LogP contribution is 2.28. The molecule has 0 saturated heterocycles. The Hall–Kier alpha value is -1.98. The molecule has 0 aromatic carbocycles. The standard InChI is InChI=1S/C6H6N4O2/c7-3-1-9(11)6-4(8)2-10(12)5(3)6/h1-2H,7-8H2/q-2. The summed E-state index contributed by atoms with van der Waals surface area (Å²) in [6, 6.07) is 0. The fraction of sp³-hybridized carbons (Fsp3) is 0. The quantitative estimate of drug-likeness (QED) is 0.586. The van der Waals surface area contributed by atoms with Crippen LogP contribution in [0.1, 0.15) is 0 Å². The minimum atomic E-state index is 0.141. The van der Waals surface area contributed by atoms with E-state index in [4.69, 9.17) is 11.5 Å². The molecule has 0 fully saturated rings. The van der Waals surface area contributed by atoms with E-state index in [0.717, 1.165) is 12.4 Å². The summed E-state index contributed by atoms with van der Waals surface area (Å²) < 4.78 is 0.989. The van der Waals surface area contributed by atoms with Gasteiger partial charge in [0.25, 0.3) is 0 Å². The number of nitrogens with two attached hydrogens (primary N) is 2. The Bertz CT molecular complexity index is 367. The predicted octanol–water partition coefficient (Wildman–Crippen LogP) is 0.299. The molecule has 2 rings (SSSR count). The van der Waals surface area contributed by atoms with Crippen molar-refractivity contribution in [2.24, 2.45) is 0 Å². The molecular weight excluding hydrogens is 160 g/mol. The Labute approximate surface area is 67.1 Å². The van der Waals surface area contributed by atoms with E-state index in [1.54, 1.807) is 0 Å². The second kappa shape index (κ2) is 1.79. The largest absolute Gasteiger partial charge is 0.805 e. The predicted molar refractivity (Wildman–Crippen MR) is 46.3 cm³/mol. The lowest BCUT2D eigenvalue weighted by atomic mass is 10.4. The summed E-state index contributed by atoms with van der Waals surface area (Å²) in [5, 5.41) is 22.1. The van der Waals surface area contributed by atoms with Crippen LogP contribution in [0.25, 0.3) is 11.0 Å². The summed E-state index contributed by atoms with van der Waals surface area (Å²) >= 11 is 0. The van der Waals surface area contributed by atoms with Gasteiger partial charge in [-0.05, 0) is 0 Å². The van der Waals surface area contributed by atoms with Gasteiger partial charge < -0.3 is 31.3 Å². The van der Waals surface area contributed by atoms with Gasteiger partial charge in [0, 0.05) is 12.4 Å². The summed E-state index contributed by atoms with van der Waals surface area (Å²) in [5.41, 5.74) is 11.4. The maximum atomic E-state index is 11.0. The topological polar surface area (TPSA) is 108 Å². The summed E-state index contributed by atoms with van der Waals surface area (Å²) in [7, 11) is 0. The Morgan fingerprint density at radius 1 is 0.917 bits per heavy atom. The van der Waals surface area contributed by atoms with Crippen LogP contribution in [-0.2, 0) is 0 Å². The summed E-state index contributed by atoms with van der Waals surface area (Å²) in [5.74, 6) is 0. The molecule has 0 atom stereocenters. The number of aromatic nitrogens is 2. The van der Waals surface area contributed by atoms with Gasteiger partial charge in [-0.15, -0.1) is 0 Å². The van der Waals surface area contributed by atoms with Crippen LogP contribution in [0.3, 0.4) is 0 Å². The second-order valence-corrected chi connectivity index (χ2v) is 2.52. The number of nitrogen functional groups attached to an aromatic ring is 2. The molecule has 0 aliphatic heterocycles. The molecule has 2 heterocycles. The molecule has 0 aliphatic carbocycles. The maximum absolute atomic E-state index is 11.0. The van der Waals surface area contributed by atoms with Crippen molar-refractivity contribution in [1.82, 2.24) is 9.46 Å². The molecule has 0 saturated carbocycles. The van der Waals surface area contributed by atoms with Crippen LogP contribution in [0.2, 0.25) is 0 Å². The fourth-order valence-corrected chi connectivity index (χ4v) is 1.24. The number of hydrogen-bond acceptors (Lipinski definition) is 4. The molecule has 2 aromatic rings. The lowest BCUT2D eigenvalue weighted by Gasteiger charge is -2.05. The molecule has 0 unspecified atom stereocenters. The number of anilines is 2. The van der Waals surface area contributed by atoms with E-state index in [-0.39, 0.29) is 22.4 Å². The van der Waals surface area contributed by atoms with E-state index in [2.05, 4.69) is 0 Å². The first-order valence-corrected chi connectivity index (χ1v) is 3.23. The van der Waals surface area contributed by atoms with Crippen LogP contribution < -0.4 is 11.5 Å². The zero-order valence-electron chi connectivity index (χ0n) is 6.02. The maximum Gasteiger partial charge on any atom is 0.0868 e. The van der Waals surface area contributed by atoms with Crippen LogP contribution >= 0.6 is 0 Å². The molecule has 4 N–H and O–H groups in total. The number of nitrogens with zero attached hydrogens (tertiary/aromatic N) is 2. The minimum Gasteiger partial charge on any atom is -0.805 e. The van der Waals surface area contributed by atoms with E-state index >= 15 is 0 Å². The van der Waals surface area contributed by atoms with Gasteiger partial charge in [-0.2, -0.15) is 0 Å². The molecule has 2 aromatic heterocycles. The van der Waals surface area contributed by atoms with Crippen LogP contribution in [-0.4, -0.2) is 9.46 Å². The average molecular weight is 166 g/mol. The first-order chi connectivity index (χ1) is 5.61. The number of hydrogen-bond donors (Lipinski definition) is 2. The Morgan fingerprint density at radius 2 is 1.25 bits per heavy atom. The third kappa shape index (κ3) is 0.584. The molecule has 12 heavy (non-hydrogen) atoms.